The third-order valence-electron chi connectivity index (χ3n) is 2.55. The maximum absolute atomic E-state index is 5.91. The summed E-state index contributed by atoms with van der Waals surface area (Å²) in [6.07, 6.45) is 3.13. The number of rotatable bonds is 2. The molecule has 14 heavy (non-hydrogen) atoms. The van der Waals surface area contributed by atoms with Crippen LogP contribution in [0.2, 0.25) is 5.15 Å². The highest BCUT2D eigenvalue weighted by Crippen LogP contribution is 2.32. The first-order chi connectivity index (χ1) is 6.81. The molecular formula is C10H13ClN2S. The van der Waals surface area contributed by atoms with E-state index in [1.807, 2.05) is 18.0 Å². The van der Waals surface area contributed by atoms with E-state index in [1.165, 1.54) is 23.5 Å². The van der Waals surface area contributed by atoms with E-state index in [4.69, 9.17) is 17.3 Å². The van der Waals surface area contributed by atoms with Crippen molar-refractivity contribution in [3.8, 4) is 0 Å². The molecule has 1 fully saturated rings. The van der Waals surface area contributed by atoms with E-state index in [0.29, 0.717) is 17.6 Å². The highest BCUT2D eigenvalue weighted by molar-refractivity contribution is 7.99. The van der Waals surface area contributed by atoms with E-state index in [2.05, 4.69) is 11.1 Å². The van der Waals surface area contributed by atoms with Crippen molar-refractivity contribution in [2.75, 3.05) is 11.5 Å². The van der Waals surface area contributed by atoms with Crippen molar-refractivity contribution in [1.29, 1.82) is 0 Å². The summed E-state index contributed by atoms with van der Waals surface area (Å²) in [5.41, 5.74) is 7.84. The van der Waals surface area contributed by atoms with Crippen molar-refractivity contribution in [2.24, 2.45) is 5.73 Å². The smallest absolute Gasteiger partial charge is 0.133 e. The summed E-state index contributed by atoms with van der Waals surface area (Å²) in [5, 5.41) is 0.543. The second kappa shape index (κ2) is 4.51. The van der Waals surface area contributed by atoms with Crippen molar-refractivity contribution >= 4 is 23.4 Å². The molecule has 4 heteroatoms. The van der Waals surface area contributed by atoms with Gasteiger partial charge >= 0.3 is 0 Å². The molecule has 2 heterocycles. The standard InChI is InChI=1S/C10H13ClN2S/c11-10-8(4-12)3-9(5-13-10)7-1-2-14-6-7/h3,5,7H,1-2,4,6,12H2. The maximum Gasteiger partial charge on any atom is 0.133 e. The molecule has 2 N–H and O–H groups in total. The first-order valence-corrected chi connectivity index (χ1v) is 6.26. The van der Waals surface area contributed by atoms with Gasteiger partial charge in [-0.25, -0.2) is 4.98 Å². The van der Waals surface area contributed by atoms with Crippen LogP contribution in [0.15, 0.2) is 12.3 Å². The average molecular weight is 229 g/mol. The van der Waals surface area contributed by atoms with Gasteiger partial charge in [-0.2, -0.15) is 11.8 Å². The van der Waals surface area contributed by atoms with Gasteiger partial charge in [0.25, 0.3) is 0 Å². The molecule has 76 valence electrons. The molecule has 1 aliphatic heterocycles. The highest BCUT2D eigenvalue weighted by Gasteiger charge is 2.18. The normalized spacial score (nSPS) is 21.4. The molecule has 0 aromatic carbocycles. The Morgan fingerprint density at radius 2 is 2.50 bits per heavy atom. The van der Waals surface area contributed by atoms with Crippen LogP contribution in [0.3, 0.4) is 0 Å². The third-order valence-corrected chi connectivity index (χ3v) is 4.06. The number of hydrogen-bond acceptors (Lipinski definition) is 3. The minimum atomic E-state index is 0.472. The number of aromatic nitrogens is 1. The maximum atomic E-state index is 5.91. The molecule has 0 spiro atoms. The highest BCUT2D eigenvalue weighted by atomic mass is 35.5. The van der Waals surface area contributed by atoms with Gasteiger partial charge in [-0.05, 0) is 29.7 Å². The van der Waals surface area contributed by atoms with E-state index in [-0.39, 0.29) is 0 Å². The van der Waals surface area contributed by atoms with Crippen LogP contribution in [-0.4, -0.2) is 16.5 Å². The SMILES string of the molecule is NCc1cc(C2CCSC2)cnc1Cl. The Bertz CT molecular complexity index is 324. The predicted octanol–water partition coefficient (Wildman–Crippen LogP) is 2.41. The van der Waals surface area contributed by atoms with Crippen molar-refractivity contribution in [3.05, 3.63) is 28.5 Å². The first kappa shape index (κ1) is 10.3. The zero-order valence-corrected chi connectivity index (χ0v) is 9.44. The van der Waals surface area contributed by atoms with Crippen molar-refractivity contribution in [3.63, 3.8) is 0 Å². The van der Waals surface area contributed by atoms with Gasteiger partial charge in [0, 0.05) is 24.1 Å². The van der Waals surface area contributed by atoms with E-state index in [9.17, 15) is 0 Å². The van der Waals surface area contributed by atoms with Crippen LogP contribution in [0, 0.1) is 0 Å². The molecule has 0 amide bonds. The molecule has 1 aromatic heterocycles. The molecule has 0 bridgehead atoms. The fraction of sp³-hybridized carbons (Fsp3) is 0.500. The Balaban J connectivity index is 2.25. The molecule has 2 rings (SSSR count). The Morgan fingerprint density at radius 3 is 3.14 bits per heavy atom. The summed E-state index contributed by atoms with van der Waals surface area (Å²) in [6, 6.07) is 2.10. The van der Waals surface area contributed by atoms with Crippen LogP contribution in [0.5, 0.6) is 0 Å². The van der Waals surface area contributed by atoms with Gasteiger partial charge in [0.05, 0.1) is 0 Å². The zero-order chi connectivity index (χ0) is 9.97. The Hall–Kier alpha value is -0.250. The number of nitrogens with zero attached hydrogens (tertiary/aromatic N) is 1. The third kappa shape index (κ3) is 2.05. The quantitative estimate of drug-likeness (QED) is 0.791. The van der Waals surface area contributed by atoms with Crippen LogP contribution in [0.1, 0.15) is 23.5 Å². The summed E-state index contributed by atoms with van der Waals surface area (Å²) in [5.74, 6) is 3.11. The van der Waals surface area contributed by atoms with Gasteiger partial charge in [0.1, 0.15) is 5.15 Å². The molecule has 1 unspecified atom stereocenters. The minimum absolute atomic E-state index is 0.472. The van der Waals surface area contributed by atoms with E-state index in [0.717, 1.165) is 5.56 Å². The summed E-state index contributed by atoms with van der Waals surface area (Å²) in [6.45, 7) is 0.472. The fourth-order valence-electron chi connectivity index (χ4n) is 1.68. The van der Waals surface area contributed by atoms with Crippen LogP contribution in [-0.2, 0) is 6.54 Å². The lowest BCUT2D eigenvalue weighted by molar-refractivity contribution is 0.774. The first-order valence-electron chi connectivity index (χ1n) is 4.73. The van der Waals surface area contributed by atoms with E-state index in [1.54, 1.807) is 0 Å². The Labute approximate surface area is 93.2 Å². The van der Waals surface area contributed by atoms with Gasteiger partial charge in [0.15, 0.2) is 0 Å². The monoisotopic (exact) mass is 228 g/mol. The zero-order valence-electron chi connectivity index (χ0n) is 7.87. The minimum Gasteiger partial charge on any atom is -0.326 e. The number of hydrogen-bond donors (Lipinski definition) is 1. The molecule has 1 aliphatic rings. The number of pyridine rings is 1. The summed E-state index contributed by atoms with van der Waals surface area (Å²) >= 11 is 7.91. The van der Waals surface area contributed by atoms with Crippen molar-refractivity contribution in [1.82, 2.24) is 4.98 Å². The lowest BCUT2D eigenvalue weighted by Crippen LogP contribution is -2.03. The van der Waals surface area contributed by atoms with Gasteiger partial charge in [-0.3, -0.25) is 0 Å². The largest absolute Gasteiger partial charge is 0.326 e. The van der Waals surface area contributed by atoms with Gasteiger partial charge in [-0.15, -0.1) is 0 Å². The van der Waals surface area contributed by atoms with Gasteiger partial charge in [-0.1, -0.05) is 11.6 Å². The topological polar surface area (TPSA) is 38.9 Å². The van der Waals surface area contributed by atoms with Crippen LogP contribution >= 0.6 is 23.4 Å². The number of halogens is 1. The number of thioether (sulfide) groups is 1. The second-order valence-electron chi connectivity index (χ2n) is 3.48. The lowest BCUT2D eigenvalue weighted by atomic mass is 9.99. The molecule has 0 saturated carbocycles. The predicted molar refractivity (Wildman–Crippen MR) is 61.8 cm³/mol. The van der Waals surface area contributed by atoms with Crippen LogP contribution < -0.4 is 5.73 Å². The number of nitrogens with two attached hydrogens (primary N) is 1. The molecule has 0 aliphatic carbocycles. The fourth-order valence-corrected chi connectivity index (χ4v) is 3.12. The molecular weight excluding hydrogens is 216 g/mol. The Kier molecular flexibility index (Phi) is 3.31. The molecule has 1 aromatic rings. The van der Waals surface area contributed by atoms with Crippen molar-refractivity contribution in [2.45, 2.75) is 18.9 Å². The molecule has 1 saturated heterocycles. The summed E-state index contributed by atoms with van der Waals surface area (Å²) < 4.78 is 0. The molecule has 1 atom stereocenters. The molecule has 2 nitrogen and oxygen atoms in total. The van der Waals surface area contributed by atoms with Crippen LogP contribution in [0.4, 0.5) is 0 Å². The van der Waals surface area contributed by atoms with Crippen molar-refractivity contribution < 1.29 is 0 Å². The Morgan fingerprint density at radius 1 is 1.64 bits per heavy atom. The van der Waals surface area contributed by atoms with Gasteiger partial charge < -0.3 is 5.73 Å². The second-order valence-corrected chi connectivity index (χ2v) is 4.99. The van der Waals surface area contributed by atoms with E-state index < -0.39 is 0 Å². The molecule has 0 radical (unpaired) electrons. The van der Waals surface area contributed by atoms with E-state index >= 15 is 0 Å². The van der Waals surface area contributed by atoms with Crippen LogP contribution in [0.25, 0.3) is 0 Å². The van der Waals surface area contributed by atoms with Gasteiger partial charge in [0.2, 0.25) is 0 Å². The average Bonchev–Trinajstić information content (AvgIpc) is 2.71. The lowest BCUT2D eigenvalue weighted by Gasteiger charge is -2.10. The summed E-state index contributed by atoms with van der Waals surface area (Å²) in [4.78, 5) is 4.17. The summed E-state index contributed by atoms with van der Waals surface area (Å²) in [7, 11) is 0.